The molecule has 2 amide bonds. The highest BCUT2D eigenvalue weighted by molar-refractivity contribution is 8.03. The number of nitrogens with one attached hydrogen (secondary N) is 3. The summed E-state index contributed by atoms with van der Waals surface area (Å²) in [6.45, 7) is 9.30. The van der Waals surface area contributed by atoms with Gasteiger partial charge in [-0.1, -0.05) is 12.1 Å². The Morgan fingerprint density at radius 2 is 1.55 bits per heavy atom. The molecule has 0 spiro atoms. The van der Waals surface area contributed by atoms with Crippen molar-refractivity contribution in [2.75, 3.05) is 32.4 Å². The zero-order valence-electron chi connectivity index (χ0n) is 35.0. The molecule has 5 aromatic rings. The molecule has 2 aromatic heterocycles. The van der Waals surface area contributed by atoms with Gasteiger partial charge < -0.3 is 30.5 Å². The summed E-state index contributed by atoms with van der Waals surface area (Å²) in [5.74, 6) is -4.69. The fraction of sp³-hybridized carbons (Fsp3) is 0.275. The molecule has 3 heterocycles. The van der Waals surface area contributed by atoms with Crippen LogP contribution in [-0.2, 0) is 0 Å². The van der Waals surface area contributed by atoms with Crippen molar-refractivity contribution in [2.45, 2.75) is 70.1 Å². The van der Waals surface area contributed by atoms with E-state index in [0.717, 1.165) is 46.5 Å². The van der Waals surface area contributed by atoms with E-state index in [9.17, 15) is 44.6 Å². The first-order chi connectivity index (χ1) is 30.6. The molecule has 1 atom stereocenters. The number of benzene rings is 3. The second-order valence-electron chi connectivity index (χ2n) is 15.9. The van der Waals surface area contributed by atoms with Crippen molar-refractivity contribution < 1.29 is 47.2 Å². The minimum absolute atomic E-state index is 0.0312. The number of thiocyanates is 1. The topological polar surface area (TPSA) is 277 Å². The van der Waals surface area contributed by atoms with Gasteiger partial charge in [-0.05, 0) is 77.9 Å². The number of aromatic nitrogens is 4. The van der Waals surface area contributed by atoms with Crippen molar-refractivity contribution in [2.24, 2.45) is 0 Å². The Morgan fingerprint density at radius 3 is 2.18 bits per heavy atom. The third kappa shape index (κ3) is 10.1. The molecule has 0 bridgehead atoms. The number of ether oxygens (including phenoxy) is 2. The van der Waals surface area contributed by atoms with Crippen molar-refractivity contribution in [3.8, 4) is 16.9 Å². The molecule has 65 heavy (non-hydrogen) atoms. The highest BCUT2D eigenvalue weighted by Gasteiger charge is 2.37. The van der Waals surface area contributed by atoms with Crippen molar-refractivity contribution in [3.05, 3.63) is 104 Å². The van der Waals surface area contributed by atoms with Crippen LogP contribution < -0.4 is 35.2 Å². The quantitative estimate of drug-likeness (QED) is 0.0298. The maximum absolute atomic E-state index is 16.2. The van der Waals surface area contributed by atoms with Gasteiger partial charge in [-0.15, -0.1) is 0 Å². The summed E-state index contributed by atoms with van der Waals surface area (Å²) in [6.07, 6.45) is -0.915. The number of hydrogen-bond donors (Lipinski definition) is 4. The molecule has 0 fully saturated rings. The molecule has 6 rings (SSSR count). The highest BCUT2D eigenvalue weighted by Crippen LogP contribution is 2.44. The minimum Gasteiger partial charge on any atom is -0.490 e. The maximum Gasteiger partial charge on any atom is 0.420 e. The average Bonchev–Trinajstić information content (AvgIpc) is 3.20. The summed E-state index contributed by atoms with van der Waals surface area (Å²) in [7, 11) is 0. The number of hydrogen-bond acceptors (Lipinski definition) is 17. The number of nitro groups is 2. The second-order valence-corrected chi connectivity index (χ2v) is 16.6. The van der Waals surface area contributed by atoms with E-state index in [2.05, 4.69) is 35.9 Å². The third-order valence-electron chi connectivity index (χ3n) is 9.29. The van der Waals surface area contributed by atoms with E-state index < -0.39 is 90.4 Å². The van der Waals surface area contributed by atoms with Crippen LogP contribution in [0.3, 0.4) is 0 Å². The zero-order chi connectivity index (χ0) is 47.5. The van der Waals surface area contributed by atoms with Crippen molar-refractivity contribution >= 4 is 75.8 Å². The fourth-order valence-corrected chi connectivity index (χ4v) is 7.10. The largest absolute Gasteiger partial charge is 0.490 e. The number of halogens is 3. The number of thioether (sulfide) groups is 1. The minimum atomic E-state index is -1.52. The molecule has 0 radical (unpaired) electrons. The van der Waals surface area contributed by atoms with Crippen molar-refractivity contribution in [3.63, 3.8) is 0 Å². The Kier molecular flexibility index (Phi) is 13.1. The molecule has 0 aliphatic carbocycles. The number of amides is 2. The van der Waals surface area contributed by atoms with Crippen molar-refractivity contribution in [1.29, 1.82) is 5.26 Å². The number of carboxylic acid groups (broad SMARTS) is 1. The van der Waals surface area contributed by atoms with E-state index in [0.29, 0.717) is 17.3 Å². The van der Waals surface area contributed by atoms with Gasteiger partial charge in [-0.2, -0.15) is 15.2 Å². The Bertz CT molecular complexity index is 2770. The first-order valence-corrected chi connectivity index (χ1v) is 19.9. The predicted octanol–water partition coefficient (Wildman–Crippen LogP) is 9.58. The molecule has 338 valence electrons. The number of para-hydroxylation sites is 1. The summed E-state index contributed by atoms with van der Waals surface area (Å²) in [4.78, 5) is 67.5. The fourth-order valence-electron chi connectivity index (χ4n) is 6.65. The SMILES string of the molecule is CC(C)(C)N(C(=O)Oc1c(F)ccc(N(C(=O)O)C(C)(C)C)c1Nc1ncc([N+](=O)[O-])c(SC#N)n1)c1ccc(F)cc1Nc1ncc([N+](=O)[O-])c(N[C@@H]2CCOc3c(F)cccc32)n1. The van der Waals surface area contributed by atoms with Crippen LogP contribution in [0.25, 0.3) is 0 Å². The number of carbonyl (C=O) groups excluding carboxylic acids is 1. The number of fused-ring (bicyclic) bond motifs is 1. The molecular formula is C40H37F3N12O9S. The molecule has 3 aromatic carbocycles. The Hall–Kier alpha value is -8.01. The van der Waals surface area contributed by atoms with Gasteiger partial charge in [0.15, 0.2) is 28.2 Å². The molecule has 21 nitrogen and oxygen atoms in total. The monoisotopic (exact) mass is 918 g/mol. The van der Waals surface area contributed by atoms with Crippen LogP contribution in [0.1, 0.15) is 59.6 Å². The number of anilines is 7. The Labute approximate surface area is 370 Å². The van der Waals surface area contributed by atoms with Gasteiger partial charge in [0.05, 0.1) is 39.6 Å². The number of rotatable bonds is 12. The van der Waals surface area contributed by atoms with Gasteiger partial charge in [-0.3, -0.25) is 30.0 Å². The number of nitriles is 1. The van der Waals surface area contributed by atoms with Crippen LogP contribution in [-0.4, -0.2) is 64.8 Å². The van der Waals surface area contributed by atoms with Crippen LogP contribution in [0, 0.1) is 48.3 Å². The summed E-state index contributed by atoms with van der Waals surface area (Å²) in [6, 6.07) is 8.60. The standard InChI is InChI=1S/C40H37F3N12O9S/c1-39(2,3)52(37(56)57)27-13-11-23(43)32(30(27)49-36-46-18-29(55(61)62)34(51-36)65-19-44)64-38(58)53(40(4,5)6)26-12-10-20(41)16-25(26)48-35-45-17-28(54(59)60)33(50-35)47-24-14-15-63-31-21(24)8-7-9-22(31)42/h7-13,16-18,24H,14-15H2,1-6H3,(H,56,57)(H,46,49,51)(H2,45,47,48,50)/t24-/m1/s1. The Morgan fingerprint density at radius 1 is 0.908 bits per heavy atom. The molecule has 1 aliphatic heterocycles. The van der Waals surface area contributed by atoms with Gasteiger partial charge in [0.25, 0.3) is 0 Å². The van der Waals surface area contributed by atoms with Gasteiger partial charge >= 0.3 is 23.6 Å². The number of carbonyl (C=O) groups is 2. The van der Waals surface area contributed by atoms with Gasteiger partial charge in [0.2, 0.25) is 17.7 Å². The van der Waals surface area contributed by atoms with Crippen LogP contribution in [0.4, 0.5) is 74.6 Å². The van der Waals surface area contributed by atoms with E-state index >= 15 is 8.78 Å². The van der Waals surface area contributed by atoms with Gasteiger partial charge in [-0.25, -0.2) is 32.7 Å². The van der Waals surface area contributed by atoms with Crippen LogP contribution in [0.2, 0.25) is 0 Å². The number of nitrogens with zero attached hydrogens (tertiary/aromatic N) is 9. The molecule has 0 saturated heterocycles. The van der Waals surface area contributed by atoms with Gasteiger partial charge in [0.1, 0.15) is 29.3 Å². The molecule has 25 heteroatoms. The lowest BCUT2D eigenvalue weighted by Crippen LogP contribution is -2.48. The molecule has 0 saturated carbocycles. The smallest absolute Gasteiger partial charge is 0.420 e. The summed E-state index contributed by atoms with van der Waals surface area (Å²) < 4.78 is 57.1. The normalized spacial score (nSPS) is 13.3. The summed E-state index contributed by atoms with van der Waals surface area (Å²) >= 11 is 0.318. The lowest BCUT2D eigenvalue weighted by molar-refractivity contribution is -0.388. The lowest BCUT2D eigenvalue weighted by atomic mass is 10.0. The highest BCUT2D eigenvalue weighted by atomic mass is 32.2. The van der Waals surface area contributed by atoms with Crippen LogP contribution in [0.15, 0.2) is 66.0 Å². The van der Waals surface area contributed by atoms with Crippen LogP contribution in [0.5, 0.6) is 11.5 Å². The van der Waals surface area contributed by atoms with Crippen molar-refractivity contribution in [1.82, 2.24) is 19.9 Å². The van der Waals surface area contributed by atoms with E-state index in [1.54, 1.807) is 32.2 Å². The average molecular weight is 919 g/mol. The third-order valence-corrected chi connectivity index (χ3v) is 9.88. The molecule has 0 unspecified atom stereocenters. The first kappa shape index (κ1) is 46.5. The molecular weight excluding hydrogens is 882 g/mol. The predicted molar refractivity (Wildman–Crippen MR) is 230 cm³/mol. The van der Waals surface area contributed by atoms with E-state index in [-0.39, 0.29) is 47.6 Å². The zero-order valence-corrected chi connectivity index (χ0v) is 35.9. The maximum atomic E-state index is 16.2. The summed E-state index contributed by atoms with van der Waals surface area (Å²) in [5, 5.41) is 53.0. The van der Waals surface area contributed by atoms with E-state index in [4.69, 9.17) is 9.47 Å². The second kappa shape index (κ2) is 18.4. The molecule has 1 aliphatic rings. The summed E-state index contributed by atoms with van der Waals surface area (Å²) in [5.41, 5.74) is -4.45. The Balaban J connectivity index is 1.42. The lowest BCUT2D eigenvalue weighted by Gasteiger charge is -2.37. The van der Waals surface area contributed by atoms with E-state index in [1.807, 2.05) is 0 Å². The van der Waals surface area contributed by atoms with Gasteiger partial charge in [0, 0.05) is 34.8 Å². The van der Waals surface area contributed by atoms with E-state index in [1.165, 1.54) is 39.0 Å². The van der Waals surface area contributed by atoms with Crippen LogP contribution >= 0.6 is 11.8 Å². The first-order valence-electron chi connectivity index (χ1n) is 19.1. The molecule has 4 N–H and O–H groups in total.